The van der Waals surface area contributed by atoms with Crippen molar-refractivity contribution in [3.63, 3.8) is 0 Å². The first-order valence-corrected chi connectivity index (χ1v) is 8.73. The van der Waals surface area contributed by atoms with Gasteiger partial charge in [-0.2, -0.15) is 0 Å². The van der Waals surface area contributed by atoms with E-state index in [1.165, 1.54) is 6.07 Å². The molecule has 0 saturated heterocycles. The van der Waals surface area contributed by atoms with Gasteiger partial charge in [0.25, 0.3) is 5.91 Å². The van der Waals surface area contributed by atoms with Crippen molar-refractivity contribution in [2.24, 2.45) is 5.73 Å². The predicted molar refractivity (Wildman–Crippen MR) is 104 cm³/mol. The van der Waals surface area contributed by atoms with Crippen LogP contribution in [-0.4, -0.2) is 17.0 Å². The molecule has 0 bridgehead atoms. The molecule has 140 valence electrons. The summed E-state index contributed by atoms with van der Waals surface area (Å²) < 4.78 is 25.5. The highest BCUT2D eigenvalue weighted by atomic mass is 19.1. The number of nitrogens with zero attached hydrogens (tertiary/aromatic N) is 1. The van der Waals surface area contributed by atoms with Gasteiger partial charge in [-0.1, -0.05) is 30.3 Å². The minimum atomic E-state index is -0.748. The number of benzene rings is 3. The zero-order valence-corrected chi connectivity index (χ0v) is 15.1. The van der Waals surface area contributed by atoms with Crippen molar-refractivity contribution in [1.29, 1.82) is 0 Å². The van der Waals surface area contributed by atoms with Gasteiger partial charge < -0.3 is 14.9 Å². The first kappa shape index (κ1) is 17.7. The number of oxazole rings is 1. The standard InChI is InChI=1S/C22H17FN2O3/c1-13(21(24)26)27-16-6-4-5-15(11-16)22-25-19-10-9-14(12-20(19)28-22)17-7-2-3-8-18(17)23/h2-13H,1H3,(H2,24,26). The van der Waals surface area contributed by atoms with Gasteiger partial charge in [-0.3, -0.25) is 4.79 Å². The third-order valence-electron chi connectivity index (χ3n) is 4.37. The van der Waals surface area contributed by atoms with E-state index in [0.717, 1.165) is 0 Å². The van der Waals surface area contributed by atoms with Gasteiger partial charge in [0.15, 0.2) is 11.7 Å². The smallest absolute Gasteiger partial charge is 0.258 e. The lowest BCUT2D eigenvalue weighted by atomic mass is 10.1. The number of hydrogen-bond acceptors (Lipinski definition) is 4. The molecule has 0 aliphatic carbocycles. The highest BCUT2D eigenvalue weighted by molar-refractivity contribution is 5.82. The summed E-state index contributed by atoms with van der Waals surface area (Å²) in [6.07, 6.45) is -0.748. The van der Waals surface area contributed by atoms with Gasteiger partial charge in [0.05, 0.1) is 0 Å². The molecule has 2 N–H and O–H groups in total. The van der Waals surface area contributed by atoms with Crippen LogP contribution in [-0.2, 0) is 4.79 Å². The van der Waals surface area contributed by atoms with E-state index in [1.54, 1.807) is 61.5 Å². The fourth-order valence-corrected chi connectivity index (χ4v) is 2.88. The number of rotatable bonds is 5. The molecule has 3 aromatic carbocycles. The Morgan fingerprint density at radius 3 is 2.68 bits per heavy atom. The number of carbonyl (C=O) groups is 1. The fourth-order valence-electron chi connectivity index (χ4n) is 2.88. The van der Waals surface area contributed by atoms with E-state index in [2.05, 4.69) is 4.98 Å². The fraction of sp³-hybridized carbons (Fsp3) is 0.0909. The quantitative estimate of drug-likeness (QED) is 0.554. The second-order valence-electron chi connectivity index (χ2n) is 6.37. The van der Waals surface area contributed by atoms with Crippen molar-refractivity contribution in [2.75, 3.05) is 0 Å². The molecule has 5 nitrogen and oxygen atoms in total. The molecule has 1 heterocycles. The lowest BCUT2D eigenvalue weighted by molar-refractivity contribution is -0.123. The molecular formula is C22H17FN2O3. The monoisotopic (exact) mass is 376 g/mol. The number of ether oxygens (including phenoxy) is 1. The number of fused-ring (bicyclic) bond motifs is 1. The highest BCUT2D eigenvalue weighted by Crippen LogP contribution is 2.31. The third-order valence-corrected chi connectivity index (χ3v) is 4.37. The number of hydrogen-bond donors (Lipinski definition) is 1. The summed E-state index contributed by atoms with van der Waals surface area (Å²) in [7, 11) is 0. The molecule has 6 heteroatoms. The molecule has 1 amide bonds. The maximum atomic E-state index is 14.1. The normalized spacial score (nSPS) is 12.1. The SMILES string of the molecule is CC(Oc1cccc(-c2nc3ccc(-c4ccccc4F)cc3o2)c1)C(N)=O. The van der Waals surface area contributed by atoms with E-state index in [4.69, 9.17) is 14.9 Å². The Kier molecular flexibility index (Phi) is 4.53. The van der Waals surface area contributed by atoms with E-state index in [0.29, 0.717) is 39.4 Å². The van der Waals surface area contributed by atoms with Crippen LogP contribution < -0.4 is 10.5 Å². The highest BCUT2D eigenvalue weighted by Gasteiger charge is 2.14. The molecule has 0 saturated carbocycles. The second-order valence-corrected chi connectivity index (χ2v) is 6.37. The number of aromatic nitrogens is 1. The number of carbonyl (C=O) groups excluding carboxylic acids is 1. The molecule has 0 fully saturated rings. The van der Waals surface area contributed by atoms with Crippen molar-refractivity contribution in [1.82, 2.24) is 4.98 Å². The predicted octanol–water partition coefficient (Wildman–Crippen LogP) is 4.55. The van der Waals surface area contributed by atoms with Crippen LogP contribution in [0.4, 0.5) is 4.39 Å². The Balaban J connectivity index is 1.69. The summed E-state index contributed by atoms with van der Waals surface area (Å²) in [4.78, 5) is 15.7. The largest absolute Gasteiger partial charge is 0.481 e. The Bertz CT molecular complexity index is 1170. The van der Waals surface area contributed by atoms with Crippen LogP contribution in [0.3, 0.4) is 0 Å². The summed E-state index contributed by atoms with van der Waals surface area (Å²) in [6.45, 7) is 1.58. The van der Waals surface area contributed by atoms with Gasteiger partial charge >= 0.3 is 0 Å². The van der Waals surface area contributed by atoms with Crippen molar-refractivity contribution < 1.29 is 18.3 Å². The summed E-state index contributed by atoms with van der Waals surface area (Å²) in [5.74, 6) is 0.0407. The van der Waals surface area contributed by atoms with Crippen LogP contribution in [0.2, 0.25) is 0 Å². The molecular weight excluding hydrogens is 359 g/mol. The topological polar surface area (TPSA) is 78.3 Å². The number of halogens is 1. The van der Waals surface area contributed by atoms with Crippen molar-refractivity contribution in [3.8, 4) is 28.3 Å². The Labute approximate surface area is 160 Å². The molecule has 1 atom stereocenters. The van der Waals surface area contributed by atoms with E-state index in [9.17, 15) is 9.18 Å². The third kappa shape index (κ3) is 3.44. The molecule has 28 heavy (non-hydrogen) atoms. The Morgan fingerprint density at radius 2 is 1.89 bits per heavy atom. The summed E-state index contributed by atoms with van der Waals surface area (Å²) in [5, 5.41) is 0. The molecule has 4 aromatic rings. The molecule has 0 aliphatic rings. The number of amides is 1. The minimum absolute atomic E-state index is 0.296. The molecule has 0 aliphatic heterocycles. The zero-order valence-electron chi connectivity index (χ0n) is 15.1. The van der Waals surface area contributed by atoms with Gasteiger partial charge in [0.2, 0.25) is 5.89 Å². The summed E-state index contributed by atoms with van der Waals surface area (Å²) in [6, 6.07) is 19.0. The minimum Gasteiger partial charge on any atom is -0.481 e. The number of nitrogens with two attached hydrogens (primary N) is 1. The van der Waals surface area contributed by atoms with Gasteiger partial charge in [0.1, 0.15) is 17.1 Å². The van der Waals surface area contributed by atoms with Crippen LogP contribution >= 0.6 is 0 Å². The van der Waals surface area contributed by atoms with Gasteiger partial charge in [-0.05, 0) is 48.9 Å². The van der Waals surface area contributed by atoms with Gasteiger partial charge in [-0.15, -0.1) is 0 Å². The van der Waals surface area contributed by atoms with E-state index in [1.807, 2.05) is 6.07 Å². The first-order chi connectivity index (χ1) is 13.5. The van der Waals surface area contributed by atoms with Gasteiger partial charge in [-0.25, -0.2) is 9.37 Å². The molecule has 0 spiro atoms. The molecule has 0 radical (unpaired) electrons. The molecule has 1 aromatic heterocycles. The first-order valence-electron chi connectivity index (χ1n) is 8.73. The second kappa shape index (κ2) is 7.15. The van der Waals surface area contributed by atoms with Crippen LogP contribution in [0.5, 0.6) is 5.75 Å². The maximum absolute atomic E-state index is 14.1. The summed E-state index contributed by atoms with van der Waals surface area (Å²) >= 11 is 0. The van der Waals surface area contributed by atoms with Crippen molar-refractivity contribution in [2.45, 2.75) is 13.0 Å². The molecule has 1 unspecified atom stereocenters. The van der Waals surface area contributed by atoms with Crippen LogP contribution in [0.1, 0.15) is 6.92 Å². The van der Waals surface area contributed by atoms with Gasteiger partial charge in [0, 0.05) is 11.1 Å². The van der Waals surface area contributed by atoms with E-state index < -0.39 is 12.0 Å². The van der Waals surface area contributed by atoms with E-state index >= 15 is 0 Å². The maximum Gasteiger partial charge on any atom is 0.258 e. The lowest BCUT2D eigenvalue weighted by Gasteiger charge is -2.11. The molecule has 4 rings (SSSR count). The average molecular weight is 376 g/mol. The number of primary amides is 1. The Hall–Kier alpha value is -3.67. The lowest BCUT2D eigenvalue weighted by Crippen LogP contribution is -2.30. The van der Waals surface area contributed by atoms with Crippen molar-refractivity contribution >= 4 is 17.0 Å². The average Bonchev–Trinajstić information content (AvgIpc) is 3.12. The van der Waals surface area contributed by atoms with Crippen LogP contribution in [0.15, 0.2) is 71.1 Å². The summed E-state index contributed by atoms with van der Waals surface area (Å²) in [5.41, 5.74) is 8.34. The van der Waals surface area contributed by atoms with Crippen LogP contribution in [0.25, 0.3) is 33.7 Å². The Morgan fingerprint density at radius 1 is 1.07 bits per heavy atom. The zero-order chi connectivity index (χ0) is 19.7. The van der Waals surface area contributed by atoms with E-state index in [-0.39, 0.29) is 5.82 Å². The van der Waals surface area contributed by atoms with Crippen molar-refractivity contribution in [3.05, 3.63) is 72.5 Å². The van der Waals surface area contributed by atoms with Crippen LogP contribution in [0, 0.1) is 5.82 Å².